The lowest BCUT2D eigenvalue weighted by Gasteiger charge is -2.12. The van der Waals surface area contributed by atoms with E-state index in [0.29, 0.717) is 5.75 Å². The Hall–Kier alpha value is -2.89. The molecule has 0 N–H and O–H groups in total. The highest BCUT2D eigenvalue weighted by Crippen LogP contribution is 2.35. The summed E-state index contributed by atoms with van der Waals surface area (Å²) >= 11 is 0. The van der Waals surface area contributed by atoms with Crippen molar-refractivity contribution in [1.29, 1.82) is 0 Å². The maximum absolute atomic E-state index is 11.6. The summed E-state index contributed by atoms with van der Waals surface area (Å²) < 4.78 is 10.8. The van der Waals surface area contributed by atoms with Crippen LogP contribution in [0.15, 0.2) is 42.5 Å². The number of rotatable bonds is 6. The number of nitro groups is 1. The third-order valence-corrected chi connectivity index (χ3v) is 3.10. The molecule has 0 saturated heterocycles. The fraction of sp³-hybridized carbons (Fsp3) is 0.188. The fourth-order valence-corrected chi connectivity index (χ4v) is 1.99. The number of methoxy groups -OCH3 is 1. The van der Waals surface area contributed by atoms with Gasteiger partial charge in [0.15, 0.2) is 17.3 Å². The normalized spacial score (nSPS) is 10.1. The minimum atomic E-state index is -0.611. The van der Waals surface area contributed by atoms with Gasteiger partial charge >= 0.3 is 0 Å². The predicted octanol–water partition coefficient (Wildman–Crippen LogP) is 3.39. The van der Waals surface area contributed by atoms with Gasteiger partial charge in [-0.25, -0.2) is 0 Å². The highest BCUT2D eigenvalue weighted by atomic mass is 16.6. The molecule has 0 heterocycles. The molecule has 2 aromatic carbocycles. The second-order valence-electron chi connectivity index (χ2n) is 4.61. The number of Topliss-reactive ketones (excluding diaryl/α,β-unsaturated/α-hetero) is 1. The summed E-state index contributed by atoms with van der Waals surface area (Å²) in [7, 11) is 1.39. The van der Waals surface area contributed by atoms with E-state index in [2.05, 4.69) is 0 Å². The van der Waals surface area contributed by atoms with Gasteiger partial charge < -0.3 is 9.47 Å². The largest absolute Gasteiger partial charge is 0.493 e. The van der Waals surface area contributed by atoms with Gasteiger partial charge in [-0.15, -0.1) is 0 Å². The maximum Gasteiger partial charge on any atom is 0.284 e. The molecule has 114 valence electrons. The Labute approximate surface area is 127 Å². The zero-order valence-electron chi connectivity index (χ0n) is 12.2. The van der Waals surface area contributed by atoms with Crippen LogP contribution in [0.2, 0.25) is 0 Å². The van der Waals surface area contributed by atoms with E-state index in [-0.39, 0.29) is 23.6 Å². The van der Waals surface area contributed by atoms with Crippen LogP contribution in [0.25, 0.3) is 0 Å². The lowest BCUT2D eigenvalue weighted by Crippen LogP contribution is -2.04. The Balaban J connectivity index is 2.35. The van der Waals surface area contributed by atoms with E-state index in [0.717, 1.165) is 5.56 Å². The van der Waals surface area contributed by atoms with E-state index in [4.69, 9.17) is 9.47 Å². The van der Waals surface area contributed by atoms with Gasteiger partial charge in [0, 0.05) is 6.07 Å². The molecule has 0 aliphatic carbocycles. The number of nitro benzene ring substituents is 1. The number of nitrogens with zero attached hydrogens (tertiary/aromatic N) is 1. The molecule has 6 heteroatoms. The molecule has 0 atom stereocenters. The molecule has 0 radical (unpaired) electrons. The first-order valence-electron chi connectivity index (χ1n) is 6.57. The van der Waals surface area contributed by atoms with Crippen LogP contribution in [0.3, 0.4) is 0 Å². The van der Waals surface area contributed by atoms with Crippen molar-refractivity contribution in [3.8, 4) is 11.5 Å². The van der Waals surface area contributed by atoms with Crippen molar-refractivity contribution in [2.24, 2.45) is 0 Å². The summed E-state index contributed by atoms with van der Waals surface area (Å²) in [6.45, 7) is 1.54. The average Bonchev–Trinajstić information content (AvgIpc) is 2.52. The molecule has 0 amide bonds. The van der Waals surface area contributed by atoms with Crippen LogP contribution in [-0.2, 0) is 6.61 Å². The second-order valence-corrected chi connectivity index (χ2v) is 4.61. The highest BCUT2D eigenvalue weighted by Gasteiger charge is 2.22. The zero-order chi connectivity index (χ0) is 16.1. The maximum atomic E-state index is 11.6. The Morgan fingerprint density at radius 2 is 1.86 bits per heavy atom. The van der Waals surface area contributed by atoms with E-state index in [1.165, 1.54) is 26.2 Å². The molecule has 0 bridgehead atoms. The Kier molecular flexibility index (Phi) is 4.73. The van der Waals surface area contributed by atoms with Gasteiger partial charge in [-0.2, -0.15) is 0 Å². The smallest absolute Gasteiger partial charge is 0.284 e. The van der Waals surface area contributed by atoms with Crippen molar-refractivity contribution >= 4 is 11.5 Å². The van der Waals surface area contributed by atoms with Crippen LogP contribution in [0, 0.1) is 10.1 Å². The van der Waals surface area contributed by atoms with Gasteiger partial charge in [0.05, 0.1) is 23.7 Å². The number of ether oxygens (including phenoxy) is 2. The van der Waals surface area contributed by atoms with Crippen LogP contribution in [0.5, 0.6) is 11.5 Å². The van der Waals surface area contributed by atoms with Crippen molar-refractivity contribution in [3.05, 3.63) is 63.7 Å². The third kappa shape index (κ3) is 3.41. The van der Waals surface area contributed by atoms with Crippen LogP contribution in [0.1, 0.15) is 22.8 Å². The van der Waals surface area contributed by atoms with Crippen molar-refractivity contribution in [2.75, 3.05) is 7.11 Å². The molecule has 6 nitrogen and oxygen atoms in total. The van der Waals surface area contributed by atoms with Gasteiger partial charge in [-0.3, -0.25) is 14.9 Å². The molecule has 0 saturated carbocycles. The Bertz CT molecular complexity index is 697. The number of ketones is 1. The van der Waals surface area contributed by atoms with E-state index in [1.54, 1.807) is 0 Å². The zero-order valence-corrected chi connectivity index (χ0v) is 12.2. The Morgan fingerprint density at radius 1 is 1.18 bits per heavy atom. The number of hydrogen-bond donors (Lipinski definition) is 0. The molecule has 2 aromatic rings. The van der Waals surface area contributed by atoms with Crippen molar-refractivity contribution in [3.63, 3.8) is 0 Å². The number of benzene rings is 2. The van der Waals surface area contributed by atoms with Gasteiger partial charge in [0.2, 0.25) is 0 Å². The number of carbonyl (C=O) groups excluding carboxylic acids is 1. The lowest BCUT2D eigenvalue weighted by atomic mass is 10.1. The summed E-state index contributed by atoms with van der Waals surface area (Å²) in [4.78, 5) is 22.0. The van der Waals surface area contributed by atoms with Crippen LogP contribution in [0.4, 0.5) is 5.69 Å². The number of carbonyl (C=O) groups is 1. The lowest BCUT2D eigenvalue weighted by molar-refractivity contribution is -0.385. The quantitative estimate of drug-likeness (QED) is 0.464. The van der Waals surface area contributed by atoms with Crippen LogP contribution in [-0.4, -0.2) is 17.8 Å². The van der Waals surface area contributed by atoms with Crippen molar-refractivity contribution < 1.29 is 19.2 Å². The fourth-order valence-electron chi connectivity index (χ4n) is 1.99. The van der Waals surface area contributed by atoms with Gasteiger partial charge in [-0.05, 0) is 12.5 Å². The number of hydrogen-bond acceptors (Lipinski definition) is 5. The minimum absolute atomic E-state index is 0.00568. The summed E-state index contributed by atoms with van der Waals surface area (Å²) in [5.74, 6) is 0.105. The van der Waals surface area contributed by atoms with Crippen molar-refractivity contribution in [1.82, 2.24) is 0 Å². The topological polar surface area (TPSA) is 78.7 Å². The molecule has 22 heavy (non-hydrogen) atoms. The summed E-state index contributed by atoms with van der Waals surface area (Å²) in [5.41, 5.74) is 0.637. The molecular weight excluding hydrogens is 286 g/mol. The molecule has 0 unspecified atom stereocenters. The van der Waals surface area contributed by atoms with Crippen LogP contribution < -0.4 is 9.47 Å². The highest BCUT2D eigenvalue weighted by molar-refractivity contribution is 5.98. The summed E-state index contributed by atoms with van der Waals surface area (Å²) in [5, 5.41) is 11.0. The minimum Gasteiger partial charge on any atom is -0.493 e. The third-order valence-electron chi connectivity index (χ3n) is 3.10. The molecule has 0 spiro atoms. The molecule has 0 aliphatic heterocycles. The predicted molar refractivity (Wildman–Crippen MR) is 80.4 cm³/mol. The summed E-state index contributed by atoms with van der Waals surface area (Å²) in [6, 6.07) is 12.0. The van der Waals surface area contributed by atoms with E-state index >= 15 is 0 Å². The molecule has 2 rings (SSSR count). The Morgan fingerprint density at radius 3 is 2.41 bits per heavy atom. The molecule has 0 aromatic heterocycles. The van der Waals surface area contributed by atoms with Gasteiger partial charge in [0.1, 0.15) is 6.61 Å². The van der Waals surface area contributed by atoms with Gasteiger partial charge in [-0.1, -0.05) is 30.3 Å². The molecule has 0 fully saturated rings. The second kappa shape index (κ2) is 6.71. The van der Waals surface area contributed by atoms with Gasteiger partial charge in [0.25, 0.3) is 5.69 Å². The first kappa shape index (κ1) is 15.5. The SMILES string of the molecule is COc1cc([N+](=O)[O-])c(C(C)=O)cc1OCc1ccccc1. The summed E-state index contributed by atoms with van der Waals surface area (Å²) in [6.07, 6.45) is 0. The van der Waals surface area contributed by atoms with E-state index in [9.17, 15) is 14.9 Å². The van der Waals surface area contributed by atoms with Crippen LogP contribution >= 0.6 is 0 Å². The monoisotopic (exact) mass is 301 g/mol. The van der Waals surface area contributed by atoms with Crippen molar-refractivity contribution in [2.45, 2.75) is 13.5 Å². The first-order chi connectivity index (χ1) is 10.5. The average molecular weight is 301 g/mol. The van der Waals surface area contributed by atoms with E-state index in [1.807, 2.05) is 30.3 Å². The standard InChI is InChI=1S/C16H15NO5/c1-11(18)13-8-16(15(21-2)9-14(13)17(19)20)22-10-12-6-4-3-5-7-12/h3-9H,10H2,1-2H3. The molecular formula is C16H15NO5. The first-order valence-corrected chi connectivity index (χ1v) is 6.57. The molecule has 0 aliphatic rings. The van der Waals surface area contributed by atoms with E-state index < -0.39 is 10.7 Å².